The second-order valence-corrected chi connectivity index (χ2v) is 7.43. The van der Waals surface area contributed by atoms with Crippen LogP contribution in [0.25, 0.3) is 5.69 Å². The van der Waals surface area contributed by atoms with Gasteiger partial charge in [-0.3, -0.25) is 4.79 Å². The lowest BCUT2D eigenvalue weighted by Gasteiger charge is -2.17. The molecule has 1 saturated heterocycles. The van der Waals surface area contributed by atoms with Crippen molar-refractivity contribution in [1.29, 1.82) is 0 Å². The molecule has 2 N–H and O–H groups in total. The second-order valence-electron chi connectivity index (χ2n) is 6.62. The van der Waals surface area contributed by atoms with E-state index in [0.29, 0.717) is 27.6 Å². The number of likely N-dealkylation sites (tertiary alicyclic amines) is 1. The summed E-state index contributed by atoms with van der Waals surface area (Å²) >= 11 is 12.0. The molecule has 2 heterocycles. The van der Waals surface area contributed by atoms with Crippen molar-refractivity contribution in [2.75, 3.05) is 13.1 Å². The molecule has 0 spiro atoms. The van der Waals surface area contributed by atoms with Gasteiger partial charge in [0.1, 0.15) is 0 Å². The van der Waals surface area contributed by atoms with Crippen LogP contribution in [0.1, 0.15) is 23.3 Å². The summed E-state index contributed by atoms with van der Waals surface area (Å²) < 4.78 is 1.64. The first kappa shape index (κ1) is 15.9. The summed E-state index contributed by atoms with van der Waals surface area (Å²) in [4.78, 5) is 14.6. The summed E-state index contributed by atoms with van der Waals surface area (Å²) in [5, 5.41) is 5.35. The normalized spacial score (nSPS) is 26.0. The Morgan fingerprint density at radius 3 is 2.75 bits per heavy atom. The average molecular weight is 365 g/mol. The van der Waals surface area contributed by atoms with Gasteiger partial charge in [0.2, 0.25) is 0 Å². The standard InChI is InChI=1S/C17H18Cl2N4O/c18-13-3-2-11(7-14(13)19)23-6-5-16(21-23)17(24)22-8-10-1-4-15(20)12(10)9-22/h2-3,5-7,10,12,15H,1,4,8-9,20H2. The molecule has 24 heavy (non-hydrogen) atoms. The highest BCUT2D eigenvalue weighted by Crippen LogP contribution is 2.37. The van der Waals surface area contributed by atoms with E-state index in [1.165, 1.54) is 0 Å². The lowest BCUT2D eigenvalue weighted by Crippen LogP contribution is -2.33. The van der Waals surface area contributed by atoms with E-state index in [4.69, 9.17) is 28.9 Å². The maximum absolute atomic E-state index is 12.7. The van der Waals surface area contributed by atoms with Crippen molar-refractivity contribution in [2.45, 2.75) is 18.9 Å². The van der Waals surface area contributed by atoms with Crippen molar-refractivity contribution in [3.63, 3.8) is 0 Å². The summed E-state index contributed by atoms with van der Waals surface area (Å²) in [6, 6.07) is 7.21. The molecule has 1 saturated carbocycles. The molecule has 1 aliphatic heterocycles. The van der Waals surface area contributed by atoms with Crippen LogP contribution in [0.2, 0.25) is 10.0 Å². The van der Waals surface area contributed by atoms with E-state index in [0.717, 1.165) is 31.6 Å². The largest absolute Gasteiger partial charge is 0.337 e. The number of benzene rings is 1. The predicted molar refractivity (Wildman–Crippen MR) is 93.7 cm³/mol. The minimum atomic E-state index is -0.0320. The number of fused-ring (bicyclic) bond motifs is 1. The minimum absolute atomic E-state index is 0.0320. The van der Waals surface area contributed by atoms with Gasteiger partial charge in [0, 0.05) is 25.3 Å². The molecule has 1 aromatic heterocycles. The van der Waals surface area contributed by atoms with Crippen LogP contribution in [-0.2, 0) is 0 Å². The third-order valence-electron chi connectivity index (χ3n) is 5.18. The Balaban J connectivity index is 1.52. The number of amides is 1. The van der Waals surface area contributed by atoms with Crippen LogP contribution in [0, 0.1) is 11.8 Å². The molecule has 1 aliphatic carbocycles. The van der Waals surface area contributed by atoms with Crippen LogP contribution in [0.15, 0.2) is 30.5 Å². The molecule has 1 amide bonds. The van der Waals surface area contributed by atoms with Gasteiger partial charge in [-0.1, -0.05) is 23.2 Å². The number of hydrogen-bond acceptors (Lipinski definition) is 3. The first-order valence-electron chi connectivity index (χ1n) is 8.09. The highest BCUT2D eigenvalue weighted by atomic mass is 35.5. The summed E-state index contributed by atoms with van der Waals surface area (Å²) in [7, 11) is 0. The molecular weight excluding hydrogens is 347 g/mol. The number of aromatic nitrogens is 2. The van der Waals surface area contributed by atoms with Gasteiger partial charge in [0.05, 0.1) is 15.7 Å². The molecule has 0 bridgehead atoms. The first-order chi connectivity index (χ1) is 11.5. The second kappa shape index (κ2) is 6.06. The van der Waals surface area contributed by atoms with Gasteiger partial charge in [-0.2, -0.15) is 5.10 Å². The smallest absolute Gasteiger partial charge is 0.274 e. The number of carbonyl (C=O) groups is 1. The van der Waals surface area contributed by atoms with E-state index in [-0.39, 0.29) is 11.9 Å². The Kier molecular flexibility index (Phi) is 4.03. The van der Waals surface area contributed by atoms with Crippen molar-refractivity contribution in [3.05, 3.63) is 46.2 Å². The zero-order chi connectivity index (χ0) is 16.8. The van der Waals surface area contributed by atoms with Gasteiger partial charge < -0.3 is 10.6 Å². The van der Waals surface area contributed by atoms with E-state index in [9.17, 15) is 4.79 Å². The Morgan fingerprint density at radius 1 is 1.17 bits per heavy atom. The zero-order valence-corrected chi connectivity index (χ0v) is 14.5. The molecule has 2 fully saturated rings. The summed E-state index contributed by atoms with van der Waals surface area (Å²) in [5.74, 6) is 0.947. The molecule has 5 nitrogen and oxygen atoms in total. The monoisotopic (exact) mass is 364 g/mol. The number of nitrogens with zero attached hydrogens (tertiary/aromatic N) is 3. The van der Waals surface area contributed by atoms with Gasteiger partial charge in [0.25, 0.3) is 5.91 Å². The molecule has 3 unspecified atom stereocenters. The van der Waals surface area contributed by atoms with Crippen LogP contribution in [0.3, 0.4) is 0 Å². The predicted octanol–water partition coefficient (Wildman–Crippen LogP) is 2.99. The number of hydrogen-bond donors (Lipinski definition) is 1. The Labute approximate surface area is 150 Å². The minimum Gasteiger partial charge on any atom is -0.337 e. The van der Waals surface area contributed by atoms with Crippen LogP contribution in [0.4, 0.5) is 0 Å². The molecule has 7 heteroatoms. The molecule has 0 radical (unpaired) electrons. The van der Waals surface area contributed by atoms with Crippen LogP contribution in [-0.4, -0.2) is 39.7 Å². The molecule has 2 aromatic rings. The van der Waals surface area contributed by atoms with Gasteiger partial charge >= 0.3 is 0 Å². The molecule has 1 aromatic carbocycles. The quantitative estimate of drug-likeness (QED) is 0.890. The van der Waals surface area contributed by atoms with E-state index in [1.807, 2.05) is 11.0 Å². The van der Waals surface area contributed by atoms with E-state index in [1.54, 1.807) is 29.1 Å². The highest BCUT2D eigenvalue weighted by molar-refractivity contribution is 6.42. The van der Waals surface area contributed by atoms with Gasteiger partial charge in [-0.05, 0) is 48.9 Å². The first-order valence-corrected chi connectivity index (χ1v) is 8.84. The summed E-state index contributed by atoms with van der Waals surface area (Å²) in [6.07, 6.45) is 3.95. The number of rotatable bonds is 2. The fraction of sp³-hybridized carbons (Fsp3) is 0.412. The number of carbonyl (C=O) groups excluding carboxylic acids is 1. The third-order valence-corrected chi connectivity index (χ3v) is 5.91. The highest BCUT2D eigenvalue weighted by Gasteiger charge is 2.42. The fourth-order valence-electron chi connectivity index (χ4n) is 3.84. The number of halogens is 2. The van der Waals surface area contributed by atoms with Crippen molar-refractivity contribution in [3.8, 4) is 5.69 Å². The van der Waals surface area contributed by atoms with E-state index in [2.05, 4.69) is 5.10 Å². The van der Waals surface area contributed by atoms with Crippen molar-refractivity contribution in [1.82, 2.24) is 14.7 Å². The molecule has 126 valence electrons. The lowest BCUT2D eigenvalue weighted by molar-refractivity contribution is 0.0773. The van der Waals surface area contributed by atoms with Crippen LogP contribution >= 0.6 is 23.2 Å². The topological polar surface area (TPSA) is 64.2 Å². The molecular formula is C17H18Cl2N4O. The van der Waals surface area contributed by atoms with E-state index < -0.39 is 0 Å². The Bertz CT molecular complexity index is 791. The Hall–Kier alpha value is -1.56. The maximum Gasteiger partial charge on any atom is 0.274 e. The van der Waals surface area contributed by atoms with Gasteiger partial charge in [-0.15, -0.1) is 0 Å². The maximum atomic E-state index is 12.7. The third kappa shape index (κ3) is 2.70. The fourth-order valence-corrected chi connectivity index (χ4v) is 4.14. The average Bonchev–Trinajstić information content (AvgIpc) is 3.27. The SMILES string of the molecule is NC1CCC2CN(C(=O)c3ccn(-c4ccc(Cl)c(Cl)c4)n3)CC12. The van der Waals surface area contributed by atoms with Crippen molar-refractivity contribution >= 4 is 29.1 Å². The van der Waals surface area contributed by atoms with Gasteiger partial charge in [-0.25, -0.2) is 4.68 Å². The van der Waals surface area contributed by atoms with Crippen molar-refractivity contribution in [2.24, 2.45) is 17.6 Å². The van der Waals surface area contributed by atoms with E-state index >= 15 is 0 Å². The lowest BCUT2D eigenvalue weighted by atomic mass is 9.98. The molecule has 3 atom stereocenters. The zero-order valence-electron chi connectivity index (χ0n) is 13.0. The Morgan fingerprint density at radius 2 is 2.00 bits per heavy atom. The molecule has 2 aliphatic rings. The summed E-state index contributed by atoms with van der Waals surface area (Å²) in [5.41, 5.74) is 7.35. The van der Waals surface area contributed by atoms with Crippen LogP contribution in [0.5, 0.6) is 0 Å². The number of nitrogens with two attached hydrogens (primary N) is 1. The van der Waals surface area contributed by atoms with Crippen molar-refractivity contribution < 1.29 is 4.79 Å². The van der Waals surface area contributed by atoms with Gasteiger partial charge in [0.15, 0.2) is 5.69 Å². The summed E-state index contributed by atoms with van der Waals surface area (Å²) in [6.45, 7) is 1.53. The van der Waals surface area contributed by atoms with Crippen LogP contribution < -0.4 is 5.73 Å². The molecule has 4 rings (SSSR count).